The summed E-state index contributed by atoms with van der Waals surface area (Å²) in [6.45, 7) is 3.15. The Morgan fingerprint density at radius 1 is 1.27 bits per heavy atom. The van der Waals surface area contributed by atoms with Crippen LogP contribution in [0.5, 0.6) is 5.75 Å². The van der Waals surface area contributed by atoms with E-state index < -0.39 is 0 Å². The first kappa shape index (κ1) is 15.9. The monoisotopic (exact) mass is 316 g/mol. The molecule has 1 aromatic carbocycles. The molecule has 6 heteroatoms. The van der Waals surface area contributed by atoms with E-state index in [0.717, 1.165) is 11.3 Å². The fourth-order valence-corrected chi connectivity index (χ4v) is 2.72. The maximum absolute atomic E-state index is 12.2. The smallest absolute Gasteiger partial charge is 0.223 e. The van der Waals surface area contributed by atoms with Crippen molar-refractivity contribution in [1.29, 1.82) is 0 Å². The number of amides is 1. The van der Waals surface area contributed by atoms with E-state index >= 15 is 0 Å². The van der Waals surface area contributed by atoms with E-state index in [9.17, 15) is 9.59 Å². The van der Waals surface area contributed by atoms with Crippen LogP contribution in [0.25, 0.3) is 6.08 Å². The summed E-state index contributed by atoms with van der Waals surface area (Å²) >= 11 is 1.17. The minimum atomic E-state index is -0.207. The Hall–Kier alpha value is -2.47. The zero-order chi connectivity index (χ0) is 16.1. The fraction of sp³-hybridized carbons (Fsp3) is 0.188. The van der Waals surface area contributed by atoms with Gasteiger partial charge in [0.1, 0.15) is 5.75 Å². The Bertz CT molecular complexity index is 717. The lowest BCUT2D eigenvalue weighted by Crippen LogP contribution is -2.04. The first-order valence-corrected chi connectivity index (χ1v) is 7.42. The van der Waals surface area contributed by atoms with Gasteiger partial charge in [-0.15, -0.1) is 0 Å². The molecule has 0 atom stereocenters. The Balaban J connectivity index is 2.12. The minimum Gasteiger partial charge on any atom is -0.497 e. The average molecular weight is 316 g/mol. The van der Waals surface area contributed by atoms with Crippen molar-refractivity contribution in [3.8, 4) is 5.75 Å². The van der Waals surface area contributed by atoms with Crippen LogP contribution in [-0.2, 0) is 4.79 Å². The van der Waals surface area contributed by atoms with Gasteiger partial charge in [-0.25, -0.2) is 4.98 Å². The van der Waals surface area contributed by atoms with Crippen LogP contribution >= 0.6 is 11.3 Å². The van der Waals surface area contributed by atoms with E-state index in [1.54, 1.807) is 20.1 Å². The van der Waals surface area contributed by atoms with Gasteiger partial charge in [0.05, 0.1) is 17.7 Å². The Morgan fingerprint density at radius 2 is 1.95 bits per heavy atom. The highest BCUT2D eigenvalue weighted by atomic mass is 32.1. The first-order chi connectivity index (χ1) is 10.5. The normalized spacial score (nSPS) is 10.7. The number of aromatic nitrogens is 1. The second kappa shape index (κ2) is 7.00. The number of thiazole rings is 1. The summed E-state index contributed by atoms with van der Waals surface area (Å²) < 4.78 is 5.08. The van der Waals surface area contributed by atoms with Crippen molar-refractivity contribution in [2.45, 2.75) is 13.8 Å². The van der Waals surface area contributed by atoms with Crippen molar-refractivity contribution in [3.63, 3.8) is 0 Å². The van der Waals surface area contributed by atoms with Crippen molar-refractivity contribution < 1.29 is 14.3 Å². The molecule has 1 aromatic heterocycles. The van der Waals surface area contributed by atoms with Crippen molar-refractivity contribution in [2.75, 3.05) is 12.4 Å². The molecule has 2 aromatic rings. The summed E-state index contributed by atoms with van der Waals surface area (Å²) in [6, 6.07) is 7.39. The third-order valence-corrected chi connectivity index (χ3v) is 3.93. The molecule has 1 amide bonds. The molecule has 0 bridgehead atoms. The topological polar surface area (TPSA) is 68.3 Å². The molecule has 0 aliphatic heterocycles. The Labute approximate surface area is 132 Å². The van der Waals surface area contributed by atoms with Crippen LogP contribution in [0.2, 0.25) is 0 Å². The molecule has 0 fully saturated rings. The molecular weight excluding hydrogens is 300 g/mol. The Morgan fingerprint density at radius 3 is 2.55 bits per heavy atom. The van der Waals surface area contributed by atoms with Gasteiger partial charge < -0.3 is 10.1 Å². The molecule has 2 rings (SSSR count). The number of allylic oxidation sites excluding steroid dienone is 1. The second-order valence-electron chi connectivity index (χ2n) is 4.59. The number of ether oxygens (including phenoxy) is 1. The average Bonchev–Trinajstić information content (AvgIpc) is 2.85. The minimum absolute atomic E-state index is 0.137. The molecule has 5 nitrogen and oxygen atoms in total. The Kier molecular flexibility index (Phi) is 5.06. The van der Waals surface area contributed by atoms with Gasteiger partial charge in [-0.1, -0.05) is 29.5 Å². The number of ketones is 1. The summed E-state index contributed by atoms with van der Waals surface area (Å²) in [5.41, 5.74) is 1.51. The molecular formula is C16H16N2O3S. The summed E-state index contributed by atoms with van der Waals surface area (Å²) in [6.07, 6.45) is 3.23. The third-order valence-electron chi connectivity index (χ3n) is 2.85. The number of methoxy groups -OCH3 is 1. The maximum atomic E-state index is 12.2. The van der Waals surface area contributed by atoms with Gasteiger partial charge in [-0.3, -0.25) is 9.59 Å². The second-order valence-corrected chi connectivity index (χ2v) is 5.58. The number of anilines is 1. The van der Waals surface area contributed by atoms with E-state index in [2.05, 4.69) is 10.3 Å². The van der Waals surface area contributed by atoms with Crippen molar-refractivity contribution >= 4 is 34.2 Å². The third kappa shape index (κ3) is 4.02. The van der Waals surface area contributed by atoms with Crippen LogP contribution in [0.1, 0.15) is 27.9 Å². The molecule has 0 spiro atoms. The SMILES string of the molecule is COc1ccc(C=CC(=O)c2sc(NC(C)=O)nc2C)cc1. The number of nitrogens with one attached hydrogen (secondary N) is 1. The van der Waals surface area contributed by atoms with Gasteiger partial charge in [-0.2, -0.15) is 0 Å². The maximum Gasteiger partial charge on any atom is 0.223 e. The van der Waals surface area contributed by atoms with Crippen LogP contribution in [0.15, 0.2) is 30.3 Å². The highest BCUT2D eigenvalue weighted by Crippen LogP contribution is 2.23. The van der Waals surface area contributed by atoms with Gasteiger partial charge in [-0.05, 0) is 30.7 Å². The van der Waals surface area contributed by atoms with E-state index in [4.69, 9.17) is 4.74 Å². The molecule has 0 unspecified atom stereocenters. The molecule has 1 N–H and O–H groups in total. The van der Waals surface area contributed by atoms with E-state index in [1.807, 2.05) is 24.3 Å². The van der Waals surface area contributed by atoms with Crippen molar-refractivity contribution in [2.24, 2.45) is 0 Å². The molecule has 0 radical (unpaired) electrons. The van der Waals surface area contributed by atoms with E-state index in [0.29, 0.717) is 15.7 Å². The van der Waals surface area contributed by atoms with Crippen LogP contribution in [0.4, 0.5) is 5.13 Å². The molecule has 22 heavy (non-hydrogen) atoms. The first-order valence-electron chi connectivity index (χ1n) is 6.61. The quantitative estimate of drug-likeness (QED) is 0.679. The molecule has 114 valence electrons. The van der Waals surface area contributed by atoms with E-state index in [-0.39, 0.29) is 11.7 Å². The number of carbonyl (C=O) groups is 2. The number of hydrogen-bond donors (Lipinski definition) is 1. The summed E-state index contributed by atoms with van der Waals surface area (Å²) in [5, 5.41) is 3.02. The van der Waals surface area contributed by atoms with Crippen LogP contribution in [0.3, 0.4) is 0 Å². The fourth-order valence-electron chi connectivity index (χ4n) is 1.79. The van der Waals surface area contributed by atoms with Gasteiger partial charge in [0.25, 0.3) is 0 Å². The van der Waals surface area contributed by atoms with Crippen LogP contribution < -0.4 is 10.1 Å². The van der Waals surface area contributed by atoms with E-state index in [1.165, 1.54) is 24.3 Å². The summed E-state index contributed by atoms with van der Waals surface area (Å²) in [5.74, 6) is 0.422. The number of rotatable bonds is 5. The number of benzene rings is 1. The highest BCUT2D eigenvalue weighted by Gasteiger charge is 2.13. The number of carbonyl (C=O) groups excluding carboxylic acids is 2. The lowest BCUT2D eigenvalue weighted by molar-refractivity contribution is -0.114. The number of hydrogen-bond acceptors (Lipinski definition) is 5. The van der Waals surface area contributed by atoms with Gasteiger partial charge in [0.15, 0.2) is 10.9 Å². The lowest BCUT2D eigenvalue weighted by atomic mass is 10.1. The van der Waals surface area contributed by atoms with Gasteiger partial charge in [0, 0.05) is 6.92 Å². The predicted molar refractivity (Wildman–Crippen MR) is 87.5 cm³/mol. The molecule has 0 aliphatic rings. The largest absolute Gasteiger partial charge is 0.497 e. The molecule has 1 heterocycles. The lowest BCUT2D eigenvalue weighted by Gasteiger charge is -1.98. The standard InChI is InChI=1S/C16H16N2O3S/c1-10-15(22-16(17-10)18-11(2)19)14(20)9-6-12-4-7-13(21-3)8-5-12/h4-9H,1-3H3,(H,17,18,19). The summed E-state index contributed by atoms with van der Waals surface area (Å²) in [7, 11) is 1.60. The predicted octanol–water partition coefficient (Wildman–Crippen LogP) is 3.31. The number of aryl methyl sites for hydroxylation is 1. The zero-order valence-electron chi connectivity index (χ0n) is 12.5. The highest BCUT2D eigenvalue weighted by molar-refractivity contribution is 7.17. The van der Waals surface area contributed by atoms with Crippen molar-refractivity contribution in [3.05, 3.63) is 46.5 Å². The zero-order valence-corrected chi connectivity index (χ0v) is 13.4. The van der Waals surface area contributed by atoms with Gasteiger partial charge in [0.2, 0.25) is 5.91 Å². The van der Waals surface area contributed by atoms with Crippen molar-refractivity contribution in [1.82, 2.24) is 4.98 Å². The number of nitrogens with zero attached hydrogens (tertiary/aromatic N) is 1. The summed E-state index contributed by atoms with van der Waals surface area (Å²) in [4.78, 5) is 27.9. The van der Waals surface area contributed by atoms with Gasteiger partial charge >= 0.3 is 0 Å². The molecule has 0 aliphatic carbocycles. The van der Waals surface area contributed by atoms with Crippen LogP contribution in [0, 0.1) is 6.92 Å². The molecule has 0 saturated heterocycles. The van der Waals surface area contributed by atoms with Crippen LogP contribution in [-0.4, -0.2) is 23.8 Å². The molecule has 0 saturated carbocycles.